The van der Waals surface area contributed by atoms with Crippen LogP contribution in [0.5, 0.6) is 11.5 Å². The molecule has 0 fully saturated rings. The number of amides is 1. The Hall–Kier alpha value is -3.34. The third kappa shape index (κ3) is 5.03. The molecular weight excluding hydrogens is 578 g/mol. The van der Waals surface area contributed by atoms with Gasteiger partial charge in [0, 0.05) is 15.6 Å². The van der Waals surface area contributed by atoms with Gasteiger partial charge < -0.3 is 9.47 Å². The molecule has 13 heteroatoms. The average Bonchev–Trinajstić information content (AvgIpc) is 3.14. The fourth-order valence-corrected chi connectivity index (χ4v) is 4.27. The van der Waals surface area contributed by atoms with E-state index in [1.54, 1.807) is 18.2 Å². The normalized spacial score (nSPS) is 14.4. The van der Waals surface area contributed by atoms with Gasteiger partial charge in [-0.3, -0.25) is 4.79 Å². The van der Waals surface area contributed by atoms with Gasteiger partial charge in [-0.2, -0.15) is 10.1 Å². The van der Waals surface area contributed by atoms with Gasteiger partial charge in [-0.25, -0.2) is 22.0 Å². The molecule has 0 aliphatic carbocycles. The Morgan fingerprint density at radius 2 is 1.55 bits per heavy atom. The second-order valence-electron chi connectivity index (χ2n) is 7.84. The number of hydrogen-bond acceptors (Lipinski definition) is 4. The quantitative estimate of drug-likeness (QED) is 0.128. The summed E-state index contributed by atoms with van der Waals surface area (Å²) < 4.78 is 80.5. The molecule has 3 aromatic carbocycles. The highest BCUT2D eigenvalue weighted by molar-refractivity contribution is 6.35. The first kappa shape index (κ1) is 27.7. The summed E-state index contributed by atoms with van der Waals surface area (Å²) >= 11 is 18.5. The summed E-state index contributed by atoms with van der Waals surface area (Å²) in [5.74, 6) is -11.9. The van der Waals surface area contributed by atoms with Crippen LogP contribution in [0.15, 0.2) is 41.0 Å². The number of nitrogens with zero attached hydrogens (tertiary/aromatic N) is 2. The van der Waals surface area contributed by atoms with E-state index in [-0.39, 0.29) is 39.4 Å². The number of carbonyl (C=O) groups is 1. The Labute approximate surface area is 227 Å². The summed E-state index contributed by atoms with van der Waals surface area (Å²) in [7, 11) is 1.35. The maximum absolute atomic E-state index is 14.3. The smallest absolute Gasteiger partial charge is 0.280 e. The van der Waals surface area contributed by atoms with Crippen LogP contribution in [0.1, 0.15) is 18.1 Å². The number of halogens is 8. The molecule has 0 spiro atoms. The number of benzene rings is 3. The van der Waals surface area contributed by atoms with Gasteiger partial charge in [0.2, 0.25) is 5.82 Å². The van der Waals surface area contributed by atoms with Crippen LogP contribution in [0.25, 0.3) is 6.08 Å². The molecule has 0 N–H and O–H groups in total. The van der Waals surface area contributed by atoms with E-state index < -0.39 is 40.7 Å². The lowest BCUT2D eigenvalue weighted by molar-refractivity contribution is -0.114. The zero-order valence-corrected chi connectivity index (χ0v) is 21.6. The third-order valence-corrected chi connectivity index (χ3v) is 6.28. The molecule has 1 aliphatic heterocycles. The lowest BCUT2D eigenvalue weighted by Crippen LogP contribution is -2.25. The van der Waals surface area contributed by atoms with Gasteiger partial charge in [-0.15, -0.1) is 0 Å². The van der Waals surface area contributed by atoms with Gasteiger partial charge >= 0.3 is 0 Å². The van der Waals surface area contributed by atoms with Crippen LogP contribution in [-0.2, 0) is 11.4 Å². The highest BCUT2D eigenvalue weighted by atomic mass is 35.5. The van der Waals surface area contributed by atoms with E-state index in [0.29, 0.717) is 21.2 Å². The highest BCUT2D eigenvalue weighted by Gasteiger charge is 2.37. The van der Waals surface area contributed by atoms with Crippen molar-refractivity contribution in [2.75, 3.05) is 12.1 Å². The Balaban J connectivity index is 1.66. The molecule has 0 saturated heterocycles. The largest absolute Gasteiger partial charge is 0.493 e. The number of carbonyl (C=O) groups excluding carboxylic acids is 1. The van der Waals surface area contributed by atoms with Crippen LogP contribution in [-0.4, -0.2) is 18.7 Å². The predicted octanol–water partition coefficient (Wildman–Crippen LogP) is 7.74. The first-order valence-corrected chi connectivity index (χ1v) is 11.6. The Morgan fingerprint density at radius 3 is 2.16 bits per heavy atom. The Morgan fingerprint density at radius 1 is 0.921 bits per heavy atom. The number of anilines is 1. The van der Waals surface area contributed by atoms with E-state index in [1.165, 1.54) is 32.2 Å². The predicted molar refractivity (Wildman–Crippen MR) is 134 cm³/mol. The minimum atomic E-state index is -2.35. The number of hydrazone groups is 1. The first-order chi connectivity index (χ1) is 17.9. The molecule has 1 amide bonds. The molecule has 5 nitrogen and oxygen atoms in total. The molecule has 38 heavy (non-hydrogen) atoms. The van der Waals surface area contributed by atoms with Crippen molar-refractivity contribution in [2.24, 2.45) is 5.10 Å². The minimum Gasteiger partial charge on any atom is -0.493 e. The standard InChI is InChI=1S/C25H14Cl3F5N2O3/c1-10-14(25(36)35(34-10)23-21(32)19(30)18(29)20(31)22(23)33)5-11-6-16(28)24(17(7-11)37-2)38-9-12-3-4-13(26)8-15(12)27/h3-8H,9H2,1-2H3/b14-5+. The van der Waals surface area contributed by atoms with Crippen LogP contribution >= 0.6 is 34.8 Å². The zero-order chi connectivity index (χ0) is 27.9. The fourth-order valence-electron chi connectivity index (χ4n) is 3.53. The van der Waals surface area contributed by atoms with Gasteiger partial charge in [0.05, 0.1) is 23.4 Å². The zero-order valence-electron chi connectivity index (χ0n) is 19.3. The topological polar surface area (TPSA) is 51.1 Å². The summed E-state index contributed by atoms with van der Waals surface area (Å²) in [6.07, 6.45) is 1.27. The molecule has 4 rings (SSSR count). The van der Waals surface area contributed by atoms with E-state index in [2.05, 4.69) is 5.10 Å². The van der Waals surface area contributed by atoms with Gasteiger partial charge in [-0.05, 0) is 42.8 Å². The van der Waals surface area contributed by atoms with Crippen LogP contribution in [0.2, 0.25) is 15.1 Å². The number of rotatable bonds is 6. The summed E-state index contributed by atoms with van der Waals surface area (Å²) in [4.78, 5) is 12.9. The lowest BCUT2D eigenvalue weighted by atomic mass is 10.1. The second-order valence-corrected chi connectivity index (χ2v) is 9.09. The van der Waals surface area contributed by atoms with Crippen LogP contribution in [0.4, 0.5) is 27.6 Å². The van der Waals surface area contributed by atoms with E-state index in [0.717, 1.165) is 0 Å². The van der Waals surface area contributed by atoms with Gasteiger partial charge in [0.25, 0.3) is 5.91 Å². The van der Waals surface area contributed by atoms with Crippen molar-refractivity contribution >= 4 is 58.2 Å². The molecule has 3 aromatic rings. The van der Waals surface area contributed by atoms with Crippen molar-refractivity contribution in [3.63, 3.8) is 0 Å². The Bertz CT molecular complexity index is 1520. The van der Waals surface area contributed by atoms with Crippen LogP contribution in [0, 0.1) is 29.1 Å². The average molecular weight is 592 g/mol. The first-order valence-electron chi connectivity index (χ1n) is 10.5. The van der Waals surface area contributed by atoms with E-state index in [4.69, 9.17) is 44.3 Å². The van der Waals surface area contributed by atoms with Crippen LogP contribution < -0.4 is 14.5 Å². The molecule has 0 aromatic heterocycles. The SMILES string of the molecule is COc1cc(/C=C2/C(=O)N(c3c(F)c(F)c(F)c(F)c3F)N=C2C)cc(Cl)c1OCc1ccc(Cl)cc1Cl. The number of methoxy groups -OCH3 is 1. The molecule has 0 unspecified atom stereocenters. The molecule has 0 saturated carbocycles. The van der Waals surface area contributed by atoms with Gasteiger partial charge in [0.15, 0.2) is 34.8 Å². The van der Waals surface area contributed by atoms with Crippen molar-refractivity contribution < 1.29 is 36.2 Å². The number of hydrogen-bond donors (Lipinski definition) is 0. The van der Waals surface area contributed by atoms with Crippen LogP contribution in [0.3, 0.4) is 0 Å². The van der Waals surface area contributed by atoms with Crippen molar-refractivity contribution in [1.82, 2.24) is 0 Å². The van der Waals surface area contributed by atoms with E-state index in [9.17, 15) is 26.7 Å². The second kappa shape index (κ2) is 10.8. The molecule has 0 atom stereocenters. The van der Waals surface area contributed by atoms with Crippen molar-refractivity contribution in [3.8, 4) is 11.5 Å². The van der Waals surface area contributed by atoms with Gasteiger partial charge in [0.1, 0.15) is 12.3 Å². The molecule has 0 radical (unpaired) electrons. The maximum Gasteiger partial charge on any atom is 0.280 e. The summed E-state index contributed by atoms with van der Waals surface area (Å²) in [6, 6.07) is 7.73. The molecule has 1 aliphatic rings. The summed E-state index contributed by atoms with van der Waals surface area (Å²) in [5, 5.41) is 4.72. The van der Waals surface area contributed by atoms with E-state index in [1.807, 2.05) is 0 Å². The third-order valence-electron chi connectivity index (χ3n) is 5.41. The highest BCUT2D eigenvalue weighted by Crippen LogP contribution is 2.39. The van der Waals surface area contributed by atoms with Gasteiger partial charge in [-0.1, -0.05) is 40.9 Å². The lowest BCUT2D eigenvalue weighted by Gasteiger charge is -2.15. The van der Waals surface area contributed by atoms with Crippen molar-refractivity contribution in [2.45, 2.75) is 13.5 Å². The Kier molecular flexibility index (Phi) is 7.87. The summed E-state index contributed by atoms with van der Waals surface area (Å²) in [6.45, 7) is 1.34. The molecule has 198 valence electrons. The molecular formula is C25H14Cl3F5N2O3. The van der Waals surface area contributed by atoms with E-state index >= 15 is 0 Å². The minimum absolute atomic E-state index is 0.0215. The molecule has 0 bridgehead atoms. The monoisotopic (exact) mass is 590 g/mol. The molecule has 1 heterocycles. The maximum atomic E-state index is 14.3. The number of ether oxygens (including phenoxy) is 2. The fraction of sp³-hybridized carbons (Fsp3) is 0.120. The summed E-state index contributed by atoms with van der Waals surface area (Å²) in [5.41, 5.74) is -0.812. The van der Waals surface area contributed by atoms with Crippen molar-refractivity contribution in [3.05, 3.63) is 91.2 Å². The van der Waals surface area contributed by atoms with Crippen molar-refractivity contribution in [1.29, 1.82) is 0 Å².